The molecule has 0 aliphatic heterocycles. The summed E-state index contributed by atoms with van der Waals surface area (Å²) in [6, 6.07) is 2.04. The van der Waals surface area contributed by atoms with Crippen LogP contribution >= 0.6 is 34.9 Å². The first-order valence-corrected chi connectivity index (χ1v) is 10.1. The number of nitrogens with two attached hydrogens (primary N) is 1. The normalized spacial score (nSPS) is 13.2. The monoisotopic (exact) mass is 497 g/mol. The lowest BCUT2D eigenvalue weighted by molar-refractivity contribution is -0.139. The molecule has 0 atom stereocenters. The molecule has 14 heteroatoms. The van der Waals surface area contributed by atoms with E-state index in [1.807, 2.05) is 0 Å². The third-order valence-corrected chi connectivity index (χ3v) is 6.74. The molecule has 0 saturated carbocycles. The van der Waals surface area contributed by atoms with Gasteiger partial charge in [0, 0.05) is 15.4 Å². The van der Waals surface area contributed by atoms with E-state index in [9.17, 15) is 31.3 Å². The van der Waals surface area contributed by atoms with Crippen molar-refractivity contribution < 1.29 is 45.8 Å². The van der Waals surface area contributed by atoms with Crippen molar-refractivity contribution in [2.45, 2.75) is 18.3 Å². The largest absolute Gasteiger partial charge is 0.492 e. The quantitative estimate of drug-likeness (QED) is 0.406. The summed E-state index contributed by atoms with van der Waals surface area (Å²) in [5.74, 6) is -1.34. The van der Waals surface area contributed by atoms with Gasteiger partial charge in [-0.3, -0.25) is 9.36 Å². The number of primary amides is 1. The molecule has 0 spiro atoms. The number of hydrogen-bond donors (Lipinski definition) is 3. The van der Waals surface area contributed by atoms with Crippen molar-refractivity contribution in [1.82, 2.24) is 0 Å². The molecule has 0 unspecified atom stereocenters. The zero-order valence-electron chi connectivity index (χ0n) is 12.9. The van der Waals surface area contributed by atoms with Crippen molar-refractivity contribution in [1.29, 1.82) is 0 Å². The predicted molar refractivity (Wildman–Crippen MR) is 90.1 cm³/mol. The molecule has 4 N–H and O–H groups in total. The minimum atomic E-state index is -5.90. The van der Waals surface area contributed by atoms with Gasteiger partial charge < -0.3 is 20.3 Å². The highest BCUT2D eigenvalue weighted by molar-refractivity contribution is 9.10. The number of halogens is 6. The number of carbonyl (C=O) groups is 1. The molecule has 27 heavy (non-hydrogen) atoms. The molecule has 150 valence electrons. The van der Waals surface area contributed by atoms with E-state index >= 15 is 0 Å². The molecule has 2 rings (SSSR count). The average molecular weight is 498 g/mol. The minimum absolute atomic E-state index is 0.110. The standard InChI is InChI=1S/C13H10BrF5NO5PS/c14-8-6-3-5(11(20)21)4-7(25-2-1-12(15,16)17)9(6)27-10(8)13(18,19)26(22,23)24/h3-4H,1-2H2,(H2,20,21)(H2,22,23,24). The van der Waals surface area contributed by atoms with E-state index in [1.165, 1.54) is 0 Å². The van der Waals surface area contributed by atoms with Gasteiger partial charge in [0.2, 0.25) is 5.91 Å². The lowest BCUT2D eigenvalue weighted by atomic mass is 10.1. The Morgan fingerprint density at radius 1 is 1.26 bits per heavy atom. The van der Waals surface area contributed by atoms with Crippen molar-refractivity contribution in [3.05, 3.63) is 27.0 Å². The molecule has 6 nitrogen and oxygen atoms in total. The van der Waals surface area contributed by atoms with Crippen molar-refractivity contribution in [3.63, 3.8) is 0 Å². The second-order valence-corrected chi connectivity index (χ2v) is 8.72. The predicted octanol–water partition coefficient (Wildman–Crippen LogP) is 4.32. The Hall–Kier alpha value is -1.27. The maximum absolute atomic E-state index is 14.1. The number of rotatable bonds is 6. The van der Waals surface area contributed by atoms with E-state index in [-0.39, 0.29) is 32.7 Å². The number of amides is 1. The van der Waals surface area contributed by atoms with Crippen LogP contribution in [0.2, 0.25) is 0 Å². The van der Waals surface area contributed by atoms with Crippen LogP contribution in [0.5, 0.6) is 5.75 Å². The first-order valence-electron chi connectivity index (χ1n) is 6.84. The summed E-state index contributed by atoms with van der Waals surface area (Å²) < 4.78 is 80.6. The van der Waals surface area contributed by atoms with Crippen LogP contribution in [0.25, 0.3) is 10.1 Å². The van der Waals surface area contributed by atoms with Gasteiger partial charge in [-0.15, -0.1) is 11.3 Å². The number of carbonyl (C=O) groups excluding carboxylic acids is 1. The maximum atomic E-state index is 14.1. The van der Waals surface area contributed by atoms with Crippen molar-refractivity contribution in [2.75, 3.05) is 6.61 Å². The van der Waals surface area contributed by atoms with Gasteiger partial charge in [0.05, 0.1) is 17.7 Å². The molecule has 0 fully saturated rings. The zero-order valence-corrected chi connectivity index (χ0v) is 16.2. The van der Waals surface area contributed by atoms with E-state index in [0.717, 1.165) is 12.1 Å². The third-order valence-electron chi connectivity index (χ3n) is 3.26. The molecule has 0 saturated heterocycles. The van der Waals surface area contributed by atoms with Crippen molar-refractivity contribution in [2.24, 2.45) is 5.73 Å². The second kappa shape index (κ2) is 7.28. The average Bonchev–Trinajstić information content (AvgIpc) is 2.82. The van der Waals surface area contributed by atoms with E-state index in [4.69, 9.17) is 20.3 Å². The number of hydrogen-bond acceptors (Lipinski definition) is 4. The molecule has 1 aromatic heterocycles. The third kappa shape index (κ3) is 4.60. The molecule has 2 aromatic rings. The summed E-state index contributed by atoms with van der Waals surface area (Å²) >= 11 is 3.01. The maximum Gasteiger partial charge on any atom is 0.400 e. The molecular weight excluding hydrogens is 488 g/mol. The molecular formula is C13H10BrF5NO5PS. The van der Waals surface area contributed by atoms with Gasteiger partial charge in [-0.1, -0.05) is 0 Å². The first kappa shape index (κ1) is 22.0. The number of alkyl halides is 5. The fourth-order valence-corrected chi connectivity index (χ4v) is 4.97. The zero-order chi connectivity index (χ0) is 20.8. The highest BCUT2D eigenvalue weighted by atomic mass is 79.9. The van der Waals surface area contributed by atoms with Crippen LogP contribution in [0.15, 0.2) is 16.6 Å². The summed E-state index contributed by atoms with van der Waals surface area (Å²) in [6.07, 6.45) is -5.87. The summed E-state index contributed by atoms with van der Waals surface area (Å²) in [4.78, 5) is 28.2. The SMILES string of the molecule is NC(=O)c1cc(OCCC(F)(F)F)c2sc(C(F)(F)P(=O)(O)O)c(Br)c2c1. The molecule has 0 aliphatic carbocycles. The van der Waals surface area contributed by atoms with Gasteiger partial charge in [-0.25, -0.2) is 0 Å². The Kier molecular flexibility index (Phi) is 5.94. The van der Waals surface area contributed by atoms with E-state index in [1.54, 1.807) is 0 Å². The minimum Gasteiger partial charge on any atom is -0.492 e. The summed E-state index contributed by atoms with van der Waals surface area (Å²) in [7, 11) is -5.90. The molecule has 0 radical (unpaired) electrons. The van der Waals surface area contributed by atoms with Crippen molar-refractivity contribution in [3.8, 4) is 5.75 Å². The van der Waals surface area contributed by atoms with Crippen molar-refractivity contribution >= 4 is 50.9 Å². The molecule has 0 aliphatic rings. The first-order chi connectivity index (χ1) is 12.1. The van der Waals surface area contributed by atoms with E-state index in [0.29, 0.717) is 0 Å². The second-order valence-electron chi connectivity index (χ2n) is 5.26. The molecule has 0 bridgehead atoms. The fraction of sp³-hybridized carbons (Fsp3) is 0.308. The molecule has 1 aromatic carbocycles. The number of thiophene rings is 1. The highest BCUT2D eigenvalue weighted by Crippen LogP contribution is 2.63. The summed E-state index contributed by atoms with van der Waals surface area (Å²) in [5, 5.41) is -0.110. The van der Waals surface area contributed by atoms with Gasteiger partial charge >= 0.3 is 19.4 Å². The highest BCUT2D eigenvalue weighted by Gasteiger charge is 2.53. The van der Waals surface area contributed by atoms with Crippen LogP contribution in [0.4, 0.5) is 22.0 Å². The summed E-state index contributed by atoms with van der Waals surface area (Å²) in [5.41, 5.74) is 0.319. The van der Waals surface area contributed by atoms with Crippen LogP contribution in [0.3, 0.4) is 0 Å². The number of fused-ring (bicyclic) bond motifs is 1. The Labute approximate surface area is 160 Å². The van der Waals surface area contributed by atoms with E-state index in [2.05, 4.69) is 15.9 Å². The number of ether oxygens (including phenoxy) is 1. The fourth-order valence-electron chi connectivity index (χ4n) is 1.99. The Morgan fingerprint density at radius 3 is 2.33 bits per heavy atom. The lowest BCUT2D eigenvalue weighted by Crippen LogP contribution is -2.14. The van der Waals surface area contributed by atoms with Crippen LogP contribution in [0, 0.1) is 0 Å². The van der Waals surface area contributed by atoms with Crippen LogP contribution in [0.1, 0.15) is 21.7 Å². The van der Waals surface area contributed by atoms with Gasteiger partial charge in [0.25, 0.3) is 0 Å². The Bertz CT molecular complexity index is 941. The van der Waals surface area contributed by atoms with Gasteiger partial charge in [-0.2, -0.15) is 22.0 Å². The van der Waals surface area contributed by atoms with Gasteiger partial charge in [-0.05, 0) is 28.1 Å². The van der Waals surface area contributed by atoms with Gasteiger partial charge in [0.1, 0.15) is 10.6 Å². The number of benzene rings is 1. The van der Waals surface area contributed by atoms with E-state index < -0.39 is 47.7 Å². The Morgan fingerprint density at radius 2 is 1.85 bits per heavy atom. The van der Waals surface area contributed by atoms with Crippen LogP contribution in [-0.4, -0.2) is 28.5 Å². The molecule has 1 amide bonds. The summed E-state index contributed by atoms with van der Waals surface area (Å²) in [6.45, 7) is -0.861. The van der Waals surface area contributed by atoms with Crippen LogP contribution in [-0.2, 0) is 10.2 Å². The van der Waals surface area contributed by atoms with Gasteiger partial charge in [0.15, 0.2) is 0 Å². The Balaban J connectivity index is 2.63. The molecule has 1 heterocycles. The smallest absolute Gasteiger partial charge is 0.400 e. The lowest BCUT2D eigenvalue weighted by Gasteiger charge is -2.16. The van der Waals surface area contributed by atoms with Crippen LogP contribution < -0.4 is 10.5 Å². The topological polar surface area (TPSA) is 110 Å².